The third-order valence-electron chi connectivity index (χ3n) is 7.81. The maximum Gasteiger partial charge on any atom is 0.303 e. The zero-order valence-corrected chi connectivity index (χ0v) is 26.6. The first-order valence-electron chi connectivity index (χ1n) is 16.2. The quantitative estimate of drug-likeness (QED) is 0.140. The van der Waals surface area contributed by atoms with E-state index in [9.17, 15) is 9.90 Å². The lowest BCUT2D eigenvalue weighted by Crippen LogP contribution is -2.09. The van der Waals surface area contributed by atoms with Gasteiger partial charge < -0.3 is 10.2 Å². The lowest BCUT2D eigenvalue weighted by atomic mass is 10.0. The number of fused-ring (bicyclic) bond motifs is 3. The van der Waals surface area contributed by atoms with Crippen LogP contribution in [0.3, 0.4) is 0 Å². The first kappa shape index (κ1) is 34.5. The van der Waals surface area contributed by atoms with Crippen LogP contribution in [-0.4, -0.2) is 36.7 Å². The van der Waals surface area contributed by atoms with Crippen LogP contribution in [0.15, 0.2) is 53.5 Å². The molecule has 1 aromatic heterocycles. The van der Waals surface area contributed by atoms with Crippen molar-refractivity contribution in [1.29, 1.82) is 0 Å². The molecule has 0 saturated carbocycles. The summed E-state index contributed by atoms with van der Waals surface area (Å²) in [6.07, 6.45) is 20.2. The van der Waals surface area contributed by atoms with Crippen molar-refractivity contribution in [2.45, 2.75) is 123 Å². The van der Waals surface area contributed by atoms with Crippen LogP contribution in [0, 0.1) is 0 Å². The summed E-state index contributed by atoms with van der Waals surface area (Å²) in [5, 5.41) is 26.9. The SMILES string of the molecule is CCCCCCCCCCCCCCCCCC(=O)O.OCc1nnc2n1-c1ccc(Cl)cc1C(c1ccccc1)=NC2. The molecule has 0 aliphatic carbocycles. The lowest BCUT2D eigenvalue weighted by Gasteiger charge is -2.13. The number of aromatic nitrogens is 3. The molecule has 43 heavy (non-hydrogen) atoms. The third-order valence-corrected chi connectivity index (χ3v) is 8.05. The molecule has 234 valence electrons. The number of benzene rings is 2. The second-order valence-corrected chi connectivity index (χ2v) is 11.7. The number of hydrogen-bond donors (Lipinski definition) is 2. The summed E-state index contributed by atoms with van der Waals surface area (Å²) in [5.74, 6) is 0.538. The van der Waals surface area contributed by atoms with Crippen molar-refractivity contribution in [3.63, 3.8) is 0 Å². The van der Waals surface area contributed by atoms with Crippen LogP contribution < -0.4 is 0 Å². The Bertz CT molecular complexity index is 1260. The number of nitrogens with zero attached hydrogens (tertiary/aromatic N) is 4. The normalized spacial score (nSPS) is 12.0. The minimum atomic E-state index is -0.653. The first-order chi connectivity index (χ1) is 21.0. The number of halogens is 1. The molecule has 1 aliphatic heterocycles. The van der Waals surface area contributed by atoms with E-state index in [-0.39, 0.29) is 6.61 Å². The number of aliphatic imine (C=N–C) groups is 1. The number of carboxylic acid groups (broad SMARTS) is 1. The van der Waals surface area contributed by atoms with Gasteiger partial charge in [-0.1, -0.05) is 139 Å². The van der Waals surface area contributed by atoms with Gasteiger partial charge in [0.1, 0.15) is 13.2 Å². The molecule has 0 amide bonds. The zero-order valence-electron chi connectivity index (χ0n) is 25.8. The largest absolute Gasteiger partial charge is 0.481 e. The maximum atomic E-state index is 10.3. The standard InChI is InChI=1S/C18H36O2.C17H13ClN4O/c1-2-3-4-5-6-7-8-9-10-11-12-13-14-15-16-17-18(19)20;18-12-6-7-14-13(8-12)17(11-4-2-1-3-5-11)19-9-15-20-21-16(10-23)22(14)15/h2-17H2,1H3,(H,19,20);1-8,23H,9-10H2. The van der Waals surface area contributed by atoms with Crippen LogP contribution in [0.2, 0.25) is 5.02 Å². The van der Waals surface area contributed by atoms with Crippen LogP contribution >= 0.6 is 11.6 Å². The molecule has 0 fully saturated rings. The van der Waals surface area contributed by atoms with E-state index in [1.165, 1.54) is 83.5 Å². The smallest absolute Gasteiger partial charge is 0.303 e. The molecule has 7 nitrogen and oxygen atoms in total. The number of rotatable bonds is 18. The van der Waals surface area contributed by atoms with E-state index in [1.54, 1.807) is 0 Å². The van der Waals surface area contributed by atoms with Gasteiger partial charge in [0.05, 0.1) is 11.4 Å². The fraction of sp³-hybridized carbons (Fsp3) is 0.543. The summed E-state index contributed by atoms with van der Waals surface area (Å²) < 4.78 is 1.85. The minimum Gasteiger partial charge on any atom is -0.481 e. The van der Waals surface area contributed by atoms with Gasteiger partial charge in [-0.05, 0) is 24.6 Å². The Kier molecular flexibility index (Phi) is 16.0. The zero-order chi connectivity index (χ0) is 30.7. The lowest BCUT2D eigenvalue weighted by molar-refractivity contribution is -0.137. The Morgan fingerprint density at radius 1 is 0.814 bits per heavy atom. The van der Waals surface area contributed by atoms with E-state index in [0.29, 0.717) is 29.6 Å². The Labute approximate surface area is 262 Å². The van der Waals surface area contributed by atoms with Gasteiger partial charge in [0, 0.05) is 22.6 Å². The fourth-order valence-corrected chi connectivity index (χ4v) is 5.63. The van der Waals surface area contributed by atoms with Crippen LogP contribution in [0.25, 0.3) is 5.69 Å². The van der Waals surface area contributed by atoms with E-state index in [0.717, 1.165) is 35.4 Å². The molecule has 2 N–H and O–H groups in total. The summed E-state index contributed by atoms with van der Waals surface area (Å²) in [7, 11) is 0. The van der Waals surface area contributed by atoms with E-state index in [2.05, 4.69) is 17.1 Å². The number of carboxylic acids is 1. The van der Waals surface area contributed by atoms with Crippen molar-refractivity contribution in [2.24, 2.45) is 4.99 Å². The monoisotopic (exact) mass is 608 g/mol. The summed E-state index contributed by atoms with van der Waals surface area (Å²) in [6.45, 7) is 2.48. The Morgan fingerprint density at radius 3 is 1.95 bits per heavy atom. The number of hydrogen-bond acceptors (Lipinski definition) is 5. The molecule has 0 saturated heterocycles. The molecular formula is C35H49ClN4O3. The highest BCUT2D eigenvalue weighted by molar-refractivity contribution is 6.31. The average Bonchev–Trinajstić information content (AvgIpc) is 3.35. The van der Waals surface area contributed by atoms with Gasteiger partial charge >= 0.3 is 5.97 Å². The summed E-state index contributed by atoms with van der Waals surface area (Å²) in [6, 6.07) is 15.6. The summed E-state index contributed by atoms with van der Waals surface area (Å²) >= 11 is 6.21. The molecule has 0 spiro atoms. The molecule has 2 heterocycles. The van der Waals surface area contributed by atoms with Gasteiger partial charge in [-0.3, -0.25) is 14.4 Å². The predicted octanol–water partition coefficient (Wildman–Crippen LogP) is 9.10. The topological polar surface area (TPSA) is 101 Å². The van der Waals surface area contributed by atoms with E-state index in [4.69, 9.17) is 21.7 Å². The molecule has 3 aromatic rings. The van der Waals surface area contributed by atoms with Crippen LogP contribution in [-0.2, 0) is 17.9 Å². The van der Waals surface area contributed by atoms with Gasteiger partial charge in [-0.25, -0.2) is 0 Å². The highest BCUT2D eigenvalue weighted by Crippen LogP contribution is 2.28. The molecule has 0 bridgehead atoms. The fourth-order valence-electron chi connectivity index (χ4n) is 5.45. The molecule has 1 aliphatic rings. The van der Waals surface area contributed by atoms with Crippen molar-refractivity contribution in [2.75, 3.05) is 0 Å². The van der Waals surface area contributed by atoms with Gasteiger partial charge in [0.15, 0.2) is 11.6 Å². The van der Waals surface area contributed by atoms with Crippen molar-refractivity contribution < 1.29 is 15.0 Å². The highest BCUT2D eigenvalue weighted by Gasteiger charge is 2.22. The number of aliphatic hydroxyl groups is 1. The molecular weight excluding hydrogens is 560 g/mol. The molecule has 8 heteroatoms. The second kappa shape index (κ2) is 20.0. The number of carbonyl (C=O) groups is 1. The minimum absolute atomic E-state index is 0.185. The van der Waals surface area contributed by atoms with Crippen molar-refractivity contribution >= 4 is 23.3 Å². The Balaban J connectivity index is 0.000000239. The number of aliphatic hydroxyl groups excluding tert-OH is 1. The second-order valence-electron chi connectivity index (χ2n) is 11.3. The maximum absolute atomic E-state index is 10.3. The highest BCUT2D eigenvalue weighted by atomic mass is 35.5. The van der Waals surface area contributed by atoms with E-state index >= 15 is 0 Å². The van der Waals surface area contributed by atoms with Crippen molar-refractivity contribution in [3.8, 4) is 5.69 Å². The Hall–Kier alpha value is -3.03. The van der Waals surface area contributed by atoms with Crippen molar-refractivity contribution in [1.82, 2.24) is 14.8 Å². The van der Waals surface area contributed by atoms with Crippen molar-refractivity contribution in [3.05, 3.63) is 76.3 Å². The van der Waals surface area contributed by atoms with Gasteiger partial charge in [0.2, 0.25) is 0 Å². The molecule has 0 radical (unpaired) electrons. The van der Waals surface area contributed by atoms with Crippen LogP contribution in [0.5, 0.6) is 0 Å². The third kappa shape index (κ3) is 11.9. The molecule has 2 aromatic carbocycles. The molecule has 4 rings (SSSR count). The summed E-state index contributed by atoms with van der Waals surface area (Å²) in [4.78, 5) is 15.1. The summed E-state index contributed by atoms with van der Waals surface area (Å²) in [5.41, 5.74) is 3.65. The van der Waals surface area contributed by atoms with Gasteiger partial charge in [-0.15, -0.1) is 10.2 Å². The van der Waals surface area contributed by atoms with E-state index < -0.39 is 5.97 Å². The van der Waals surface area contributed by atoms with Crippen LogP contribution in [0.1, 0.15) is 132 Å². The van der Waals surface area contributed by atoms with Gasteiger partial charge in [0.25, 0.3) is 0 Å². The Morgan fingerprint density at radius 2 is 1.40 bits per heavy atom. The van der Waals surface area contributed by atoms with Crippen LogP contribution in [0.4, 0.5) is 0 Å². The number of unbranched alkanes of at least 4 members (excludes halogenated alkanes) is 14. The number of aliphatic carboxylic acids is 1. The molecule has 0 unspecified atom stereocenters. The van der Waals surface area contributed by atoms with Gasteiger partial charge in [-0.2, -0.15) is 0 Å². The van der Waals surface area contributed by atoms with E-state index in [1.807, 2.05) is 53.1 Å². The predicted molar refractivity (Wildman–Crippen MR) is 175 cm³/mol. The molecule has 0 atom stereocenters. The first-order valence-corrected chi connectivity index (χ1v) is 16.6. The average molecular weight is 609 g/mol.